The minimum atomic E-state index is -0.380. The number of carbonyl (C=O) groups excluding carboxylic acids is 4. The lowest BCUT2D eigenvalue weighted by Crippen LogP contribution is -2.54. The summed E-state index contributed by atoms with van der Waals surface area (Å²) in [5, 5.41) is 31.8. The average Bonchev–Trinajstić information content (AvgIpc) is 3.10. The van der Waals surface area contributed by atoms with Crippen molar-refractivity contribution < 1.29 is 29.4 Å². The summed E-state index contributed by atoms with van der Waals surface area (Å²) in [6.45, 7) is 7.73. The van der Waals surface area contributed by atoms with Crippen molar-refractivity contribution in [3.8, 4) is 0 Å². The number of rotatable bonds is 17. The fourth-order valence-corrected chi connectivity index (χ4v) is 8.00. The van der Waals surface area contributed by atoms with Crippen molar-refractivity contribution in [2.24, 2.45) is 11.8 Å². The van der Waals surface area contributed by atoms with Crippen LogP contribution in [0.15, 0.2) is 36.4 Å². The molecule has 0 bridgehead atoms. The van der Waals surface area contributed by atoms with E-state index in [1.54, 1.807) is 0 Å². The Kier molecular flexibility index (Phi) is 16.2. The molecule has 2 aliphatic rings. The number of aliphatic hydroxyl groups excluding tert-OH is 2. The first-order valence-electron chi connectivity index (χ1n) is 20.0. The van der Waals surface area contributed by atoms with Gasteiger partial charge >= 0.3 is 0 Å². The smallest absolute Gasteiger partial charge is 0.243 e. The number of carbonyl (C=O) groups is 4. The Balaban J connectivity index is 1.12. The molecule has 0 aromatic heterocycles. The normalized spacial score (nSPS) is 20.3. The Morgan fingerprint density at radius 2 is 1.00 bits per heavy atom. The van der Waals surface area contributed by atoms with Gasteiger partial charge in [-0.05, 0) is 85.0 Å². The van der Waals surface area contributed by atoms with Crippen LogP contribution in [0.25, 0.3) is 0 Å². The minimum Gasteiger partial charge on any atom is -0.394 e. The molecule has 0 aliphatic carbocycles. The third-order valence-electron chi connectivity index (χ3n) is 10.7. The molecule has 0 saturated carbocycles. The molecule has 0 radical (unpaired) electrons. The Labute approximate surface area is 321 Å². The van der Waals surface area contributed by atoms with Crippen LogP contribution in [-0.4, -0.2) is 85.3 Å². The van der Waals surface area contributed by atoms with Crippen LogP contribution >= 0.6 is 0 Å². The summed E-state index contributed by atoms with van der Waals surface area (Å²) in [7, 11) is 3.83. The molecule has 2 heterocycles. The number of likely N-dealkylation sites (N-methyl/N-ethyl adjacent to an activating group) is 2. The summed E-state index contributed by atoms with van der Waals surface area (Å²) >= 11 is 0. The van der Waals surface area contributed by atoms with Crippen molar-refractivity contribution in [1.82, 2.24) is 10.6 Å². The predicted octanol–water partition coefficient (Wildman–Crippen LogP) is 5.15. The van der Waals surface area contributed by atoms with Crippen LogP contribution in [-0.2, 0) is 32.0 Å². The van der Waals surface area contributed by atoms with Crippen LogP contribution in [0.4, 0.5) is 22.7 Å². The number of hydrogen-bond donors (Lipinski definition) is 6. The van der Waals surface area contributed by atoms with Gasteiger partial charge in [0.15, 0.2) is 0 Å². The van der Waals surface area contributed by atoms with E-state index >= 15 is 0 Å². The van der Waals surface area contributed by atoms with Crippen LogP contribution in [0, 0.1) is 11.8 Å². The van der Waals surface area contributed by atoms with Gasteiger partial charge in [0.25, 0.3) is 0 Å². The van der Waals surface area contributed by atoms with Gasteiger partial charge in [0.2, 0.25) is 23.6 Å². The topological polar surface area (TPSA) is 163 Å². The van der Waals surface area contributed by atoms with E-state index < -0.39 is 0 Å². The maximum atomic E-state index is 12.9. The molecule has 0 fully saturated rings. The molecule has 4 atom stereocenters. The SMILES string of the molecule is CC(C)[C@H]1C(=O)N[C@H](CO)Cc2cc(NC(=O)CCCCCCCCCCC(=O)Nc3ccc4c(c3)C[C@@H](CO)NC(=O)[C@H](C(C)C)N4C)ccc2N1C. The standard InChI is InChI=1S/C42H64N6O6/c1-27(2)39-41(53)45-33(25-49)23-29-21-31(17-19-35(29)47(39)5)43-37(51)15-13-11-9-7-8-10-12-14-16-38(52)44-32-18-20-36-30(22-32)24-34(26-50)46-42(54)40(28(3)4)48(36)6/h17-22,27-28,33-34,39-40,49-50H,7-16,23-26H2,1-6H3,(H,43,51)(H,44,52)(H,45,53)(H,46,54)/t33-,34-,39-,40-/m0/s1. The molecule has 4 amide bonds. The number of nitrogens with zero attached hydrogens (tertiary/aromatic N) is 2. The average molecular weight is 749 g/mol. The second-order valence-corrected chi connectivity index (χ2v) is 15.9. The van der Waals surface area contributed by atoms with E-state index in [2.05, 4.69) is 21.3 Å². The molecule has 0 saturated heterocycles. The van der Waals surface area contributed by atoms with E-state index in [9.17, 15) is 29.4 Å². The molecule has 4 rings (SSSR count). The van der Waals surface area contributed by atoms with Gasteiger partial charge in [-0.1, -0.05) is 66.2 Å². The van der Waals surface area contributed by atoms with Gasteiger partial charge in [0, 0.05) is 49.7 Å². The zero-order valence-corrected chi connectivity index (χ0v) is 33.2. The van der Waals surface area contributed by atoms with Gasteiger partial charge in [0.1, 0.15) is 12.1 Å². The van der Waals surface area contributed by atoms with Gasteiger partial charge < -0.3 is 41.3 Å². The van der Waals surface area contributed by atoms with Crippen molar-refractivity contribution in [2.45, 2.75) is 129 Å². The predicted molar refractivity (Wildman–Crippen MR) is 216 cm³/mol. The number of amides is 4. The summed E-state index contributed by atoms with van der Waals surface area (Å²) in [5.74, 6) is -0.0458. The zero-order chi connectivity index (χ0) is 39.4. The Hall–Kier alpha value is -4.16. The zero-order valence-electron chi connectivity index (χ0n) is 33.2. The van der Waals surface area contributed by atoms with Crippen LogP contribution in [0.3, 0.4) is 0 Å². The van der Waals surface area contributed by atoms with Crippen molar-refractivity contribution in [3.05, 3.63) is 47.5 Å². The molecule has 0 unspecified atom stereocenters. The van der Waals surface area contributed by atoms with E-state index in [0.717, 1.165) is 85.2 Å². The van der Waals surface area contributed by atoms with Gasteiger partial charge in [-0.2, -0.15) is 0 Å². The molecular weight excluding hydrogens is 684 g/mol. The van der Waals surface area contributed by atoms with E-state index in [-0.39, 0.29) is 72.8 Å². The number of fused-ring (bicyclic) bond motifs is 2. The molecule has 12 heteroatoms. The Morgan fingerprint density at radius 1 is 0.648 bits per heavy atom. The molecule has 2 aliphatic heterocycles. The Bertz CT molecular complexity index is 1460. The van der Waals surface area contributed by atoms with Gasteiger partial charge in [0.05, 0.1) is 25.3 Å². The molecule has 2 aromatic rings. The highest BCUT2D eigenvalue weighted by atomic mass is 16.3. The first kappa shape index (κ1) is 42.6. The van der Waals surface area contributed by atoms with E-state index in [0.29, 0.717) is 25.7 Å². The number of benzene rings is 2. The lowest BCUT2D eigenvalue weighted by molar-refractivity contribution is -0.125. The third kappa shape index (κ3) is 11.7. The number of anilines is 4. The lowest BCUT2D eigenvalue weighted by Gasteiger charge is -2.37. The Morgan fingerprint density at radius 3 is 1.33 bits per heavy atom. The van der Waals surface area contributed by atoms with Crippen LogP contribution in [0.2, 0.25) is 0 Å². The molecular formula is C42H64N6O6. The largest absolute Gasteiger partial charge is 0.394 e. The second kappa shape index (κ2) is 20.5. The molecule has 54 heavy (non-hydrogen) atoms. The maximum Gasteiger partial charge on any atom is 0.243 e. The number of unbranched alkanes of at least 4 members (excludes halogenated alkanes) is 7. The highest BCUT2D eigenvalue weighted by molar-refractivity contribution is 5.93. The van der Waals surface area contributed by atoms with Gasteiger partial charge in [-0.25, -0.2) is 0 Å². The third-order valence-corrected chi connectivity index (χ3v) is 10.7. The molecule has 0 spiro atoms. The summed E-state index contributed by atoms with van der Waals surface area (Å²) in [6.07, 6.45) is 9.81. The lowest BCUT2D eigenvalue weighted by atomic mass is 9.95. The number of aliphatic hydroxyl groups is 2. The molecule has 6 N–H and O–H groups in total. The second-order valence-electron chi connectivity index (χ2n) is 15.9. The fraction of sp³-hybridized carbons (Fsp3) is 0.619. The summed E-state index contributed by atoms with van der Waals surface area (Å²) in [4.78, 5) is 55.2. The van der Waals surface area contributed by atoms with Crippen molar-refractivity contribution in [2.75, 3.05) is 47.7 Å². The van der Waals surface area contributed by atoms with E-state index in [1.807, 2.05) is 88.0 Å². The maximum absolute atomic E-state index is 12.9. The summed E-state index contributed by atoms with van der Waals surface area (Å²) < 4.78 is 0. The monoisotopic (exact) mass is 748 g/mol. The van der Waals surface area contributed by atoms with Crippen molar-refractivity contribution >= 4 is 46.4 Å². The number of hydrogen-bond acceptors (Lipinski definition) is 8. The molecule has 2 aromatic carbocycles. The summed E-state index contributed by atoms with van der Waals surface area (Å²) in [6, 6.07) is 10.1. The van der Waals surface area contributed by atoms with E-state index in [1.165, 1.54) is 0 Å². The highest BCUT2D eigenvalue weighted by Crippen LogP contribution is 2.31. The quantitative estimate of drug-likeness (QED) is 0.121. The van der Waals surface area contributed by atoms with Gasteiger partial charge in [-0.15, -0.1) is 0 Å². The highest BCUT2D eigenvalue weighted by Gasteiger charge is 2.33. The van der Waals surface area contributed by atoms with Crippen LogP contribution in [0.1, 0.15) is 103 Å². The van der Waals surface area contributed by atoms with Crippen LogP contribution in [0.5, 0.6) is 0 Å². The van der Waals surface area contributed by atoms with E-state index in [4.69, 9.17) is 0 Å². The minimum absolute atomic E-state index is 0.0178. The number of nitrogens with one attached hydrogen (secondary N) is 4. The first-order valence-corrected chi connectivity index (χ1v) is 20.0. The van der Waals surface area contributed by atoms with Crippen molar-refractivity contribution in [1.29, 1.82) is 0 Å². The first-order chi connectivity index (χ1) is 25.8. The molecule has 298 valence electrons. The van der Waals surface area contributed by atoms with Crippen molar-refractivity contribution in [3.63, 3.8) is 0 Å². The van der Waals surface area contributed by atoms with Gasteiger partial charge in [-0.3, -0.25) is 19.2 Å². The summed E-state index contributed by atoms with van der Waals surface area (Å²) in [5.41, 5.74) is 5.27. The van der Waals surface area contributed by atoms with Crippen LogP contribution < -0.4 is 31.1 Å². The fourth-order valence-electron chi connectivity index (χ4n) is 8.00. The molecule has 12 nitrogen and oxygen atoms in total.